The Hall–Kier alpha value is -1.09. The minimum Gasteiger partial charge on any atom is -0.351 e. The van der Waals surface area contributed by atoms with Gasteiger partial charge >= 0.3 is 0 Å². The first-order valence-electron chi connectivity index (χ1n) is 7.15. The quantitative estimate of drug-likeness (QED) is 0.827. The highest BCUT2D eigenvalue weighted by molar-refractivity contribution is 5.97. The topological polar surface area (TPSA) is 32.3 Å². The van der Waals surface area contributed by atoms with Crippen LogP contribution in [0.3, 0.4) is 0 Å². The number of rotatable bonds is 4. The summed E-state index contributed by atoms with van der Waals surface area (Å²) in [6, 6.07) is 0. The van der Waals surface area contributed by atoms with Crippen LogP contribution in [0, 0.1) is 0 Å². The van der Waals surface area contributed by atoms with Crippen LogP contribution in [0.15, 0.2) is 23.3 Å². The lowest BCUT2D eigenvalue weighted by molar-refractivity contribution is -0.117. The molecule has 100 valence electrons. The standard InChI is InChI=1S/C15H24N2O/c1-13-7-3-4-8-14(13)15(18)16-9-12-17-10-5-2-6-11-17/h7-8H,2-6,9-12H2,1H3,(H,16,18). The molecule has 0 saturated carbocycles. The summed E-state index contributed by atoms with van der Waals surface area (Å²) in [6.45, 7) is 6.16. The van der Waals surface area contributed by atoms with Crippen LogP contribution in [0.25, 0.3) is 0 Å². The predicted molar refractivity (Wildman–Crippen MR) is 74.4 cm³/mol. The number of nitrogens with zero attached hydrogens (tertiary/aromatic N) is 1. The van der Waals surface area contributed by atoms with Crippen molar-refractivity contribution in [2.45, 2.75) is 39.0 Å². The molecule has 0 spiro atoms. The molecule has 0 aromatic carbocycles. The number of hydrogen-bond acceptors (Lipinski definition) is 2. The van der Waals surface area contributed by atoms with Gasteiger partial charge in [0.15, 0.2) is 0 Å². The van der Waals surface area contributed by atoms with Crippen LogP contribution in [-0.2, 0) is 4.79 Å². The molecular formula is C15H24N2O. The fourth-order valence-electron chi connectivity index (χ4n) is 2.68. The van der Waals surface area contributed by atoms with Crippen molar-refractivity contribution in [3.05, 3.63) is 23.3 Å². The minimum atomic E-state index is 0.0976. The average molecular weight is 248 g/mol. The van der Waals surface area contributed by atoms with Crippen LogP contribution in [0.1, 0.15) is 39.0 Å². The zero-order valence-corrected chi connectivity index (χ0v) is 11.4. The summed E-state index contributed by atoms with van der Waals surface area (Å²) in [4.78, 5) is 14.5. The van der Waals surface area contributed by atoms with Crippen LogP contribution in [0.2, 0.25) is 0 Å². The van der Waals surface area contributed by atoms with Crippen molar-refractivity contribution in [3.8, 4) is 0 Å². The van der Waals surface area contributed by atoms with E-state index in [0.717, 1.165) is 37.1 Å². The maximum Gasteiger partial charge on any atom is 0.251 e. The molecule has 0 aromatic rings. The van der Waals surface area contributed by atoms with Crippen molar-refractivity contribution >= 4 is 5.91 Å². The Balaban J connectivity index is 1.71. The Labute approximate surface area is 110 Å². The number of carbonyl (C=O) groups excluding carboxylic acids is 1. The normalized spacial score (nSPS) is 21.2. The van der Waals surface area contributed by atoms with E-state index in [1.807, 2.05) is 6.92 Å². The van der Waals surface area contributed by atoms with Crippen LogP contribution < -0.4 is 5.32 Å². The molecule has 2 aliphatic rings. The molecule has 0 bridgehead atoms. The first-order valence-corrected chi connectivity index (χ1v) is 7.15. The smallest absolute Gasteiger partial charge is 0.251 e. The van der Waals surface area contributed by atoms with E-state index in [2.05, 4.69) is 22.4 Å². The van der Waals surface area contributed by atoms with Gasteiger partial charge < -0.3 is 10.2 Å². The van der Waals surface area contributed by atoms with Crippen molar-refractivity contribution in [2.75, 3.05) is 26.2 Å². The molecule has 0 radical (unpaired) electrons. The van der Waals surface area contributed by atoms with Gasteiger partial charge in [0.05, 0.1) is 0 Å². The van der Waals surface area contributed by atoms with Gasteiger partial charge in [-0.3, -0.25) is 4.79 Å². The third-order valence-corrected chi connectivity index (χ3v) is 3.80. The first kappa shape index (κ1) is 13.3. The molecule has 1 fully saturated rings. The number of allylic oxidation sites excluding steroid dienone is 2. The number of amides is 1. The molecule has 0 atom stereocenters. The van der Waals surface area contributed by atoms with Gasteiger partial charge in [0.25, 0.3) is 5.91 Å². The summed E-state index contributed by atoms with van der Waals surface area (Å²) in [5.74, 6) is 0.0976. The summed E-state index contributed by atoms with van der Waals surface area (Å²) in [5, 5.41) is 3.04. The zero-order chi connectivity index (χ0) is 12.8. The summed E-state index contributed by atoms with van der Waals surface area (Å²) >= 11 is 0. The molecule has 3 heteroatoms. The summed E-state index contributed by atoms with van der Waals surface area (Å²) in [6.07, 6.45) is 10.2. The molecule has 1 aliphatic heterocycles. The number of hydrogen-bond donors (Lipinski definition) is 1. The first-order chi connectivity index (χ1) is 8.77. The van der Waals surface area contributed by atoms with Gasteiger partial charge in [0.1, 0.15) is 0 Å². The lowest BCUT2D eigenvalue weighted by Gasteiger charge is -2.26. The lowest BCUT2D eigenvalue weighted by Crippen LogP contribution is -2.38. The molecule has 18 heavy (non-hydrogen) atoms. The van der Waals surface area contributed by atoms with Crippen molar-refractivity contribution < 1.29 is 4.79 Å². The van der Waals surface area contributed by atoms with Gasteiger partial charge in [-0.15, -0.1) is 0 Å². The summed E-state index contributed by atoms with van der Waals surface area (Å²) < 4.78 is 0. The average Bonchev–Trinajstić information content (AvgIpc) is 2.40. The molecule has 1 heterocycles. The second-order valence-corrected chi connectivity index (χ2v) is 5.24. The molecule has 3 nitrogen and oxygen atoms in total. The van der Waals surface area contributed by atoms with Crippen molar-refractivity contribution in [2.24, 2.45) is 0 Å². The Morgan fingerprint density at radius 1 is 1.22 bits per heavy atom. The largest absolute Gasteiger partial charge is 0.351 e. The summed E-state index contributed by atoms with van der Waals surface area (Å²) in [5.41, 5.74) is 2.00. The second kappa shape index (κ2) is 6.74. The predicted octanol–water partition coefficient (Wildman–Crippen LogP) is 2.25. The maximum absolute atomic E-state index is 12.0. The molecule has 0 aromatic heterocycles. The monoisotopic (exact) mass is 248 g/mol. The highest BCUT2D eigenvalue weighted by Crippen LogP contribution is 2.17. The van der Waals surface area contributed by atoms with Gasteiger partial charge in [0.2, 0.25) is 0 Å². The maximum atomic E-state index is 12.0. The van der Waals surface area contributed by atoms with E-state index in [4.69, 9.17) is 0 Å². The number of nitrogens with one attached hydrogen (secondary N) is 1. The number of carbonyl (C=O) groups is 1. The Morgan fingerprint density at radius 2 is 1.94 bits per heavy atom. The zero-order valence-electron chi connectivity index (χ0n) is 11.4. The third-order valence-electron chi connectivity index (χ3n) is 3.80. The van der Waals surface area contributed by atoms with E-state index in [9.17, 15) is 4.79 Å². The lowest BCUT2D eigenvalue weighted by atomic mass is 9.98. The fraction of sp³-hybridized carbons (Fsp3) is 0.667. The van der Waals surface area contributed by atoms with E-state index in [1.165, 1.54) is 32.4 Å². The minimum absolute atomic E-state index is 0.0976. The molecule has 1 saturated heterocycles. The highest BCUT2D eigenvalue weighted by atomic mass is 16.1. The van der Waals surface area contributed by atoms with Gasteiger partial charge in [0, 0.05) is 18.7 Å². The van der Waals surface area contributed by atoms with Crippen LogP contribution in [0.5, 0.6) is 0 Å². The van der Waals surface area contributed by atoms with Crippen molar-refractivity contribution in [1.82, 2.24) is 10.2 Å². The Morgan fingerprint density at radius 3 is 2.67 bits per heavy atom. The van der Waals surface area contributed by atoms with Gasteiger partial charge in [-0.2, -0.15) is 0 Å². The van der Waals surface area contributed by atoms with E-state index >= 15 is 0 Å². The SMILES string of the molecule is CC1=CCCC=C1C(=O)NCCN1CCCCC1. The Kier molecular flexibility index (Phi) is 5.00. The fourth-order valence-corrected chi connectivity index (χ4v) is 2.68. The van der Waals surface area contributed by atoms with E-state index in [0.29, 0.717) is 0 Å². The number of likely N-dealkylation sites (tertiary alicyclic amines) is 1. The number of piperidine rings is 1. The van der Waals surface area contributed by atoms with Crippen LogP contribution in [0.4, 0.5) is 0 Å². The van der Waals surface area contributed by atoms with E-state index in [1.54, 1.807) is 0 Å². The van der Waals surface area contributed by atoms with Crippen molar-refractivity contribution in [3.63, 3.8) is 0 Å². The summed E-state index contributed by atoms with van der Waals surface area (Å²) in [7, 11) is 0. The van der Waals surface area contributed by atoms with Crippen LogP contribution in [-0.4, -0.2) is 37.0 Å². The molecular weight excluding hydrogens is 224 g/mol. The van der Waals surface area contributed by atoms with Crippen LogP contribution >= 0.6 is 0 Å². The molecule has 1 amide bonds. The van der Waals surface area contributed by atoms with Gasteiger partial charge in [-0.1, -0.05) is 18.6 Å². The highest BCUT2D eigenvalue weighted by Gasteiger charge is 2.14. The molecule has 2 rings (SSSR count). The van der Waals surface area contributed by atoms with Crippen molar-refractivity contribution in [1.29, 1.82) is 0 Å². The van der Waals surface area contributed by atoms with Gasteiger partial charge in [-0.05, 0) is 51.3 Å². The Bertz CT molecular complexity index is 352. The molecule has 0 unspecified atom stereocenters. The molecule has 1 N–H and O–H groups in total. The third kappa shape index (κ3) is 3.70. The van der Waals surface area contributed by atoms with E-state index < -0.39 is 0 Å². The van der Waals surface area contributed by atoms with Gasteiger partial charge in [-0.25, -0.2) is 0 Å². The second-order valence-electron chi connectivity index (χ2n) is 5.24. The van der Waals surface area contributed by atoms with E-state index in [-0.39, 0.29) is 5.91 Å². The molecule has 1 aliphatic carbocycles.